The first-order chi connectivity index (χ1) is 9.15. The Hall–Kier alpha value is -0.970. The molecule has 1 aromatic carbocycles. The molecule has 2 aromatic rings. The number of methoxy groups -OCH3 is 1. The third-order valence-corrected chi connectivity index (χ3v) is 3.56. The van der Waals surface area contributed by atoms with Crippen LogP contribution in [0.3, 0.4) is 0 Å². The summed E-state index contributed by atoms with van der Waals surface area (Å²) < 4.78 is 11.5. The van der Waals surface area contributed by atoms with Crippen LogP contribution in [-0.4, -0.2) is 13.7 Å². The van der Waals surface area contributed by atoms with Crippen molar-refractivity contribution in [2.75, 3.05) is 13.7 Å². The summed E-state index contributed by atoms with van der Waals surface area (Å²) in [4.78, 5) is 0. The van der Waals surface area contributed by atoms with E-state index in [4.69, 9.17) is 20.8 Å². The smallest absolute Gasteiger partial charge is 0.169 e. The fourth-order valence-corrected chi connectivity index (χ4v) is 2.52. The van der Waals surface area contributed by atoms with Gasteiger partial charge in [0.25, 0.3) is 0 Å². The molecule has 1 N–H and O–H groups in total. The summed E-state index contributed by atoms with van der Waals surface area (Å²) in [7, 11) is 1.62. The van der Waals surface area contributed by atoms with Crippen LogP contribution in [0, 0.1) is 0 Å². The van der Waals surface area contributed by atoms with Gasteiger partial charge in [0.05, 0.1) is 13.2 Å². The maximum absolute atomic E-state index is 6.32. The molecule has 2 rings (SSSR count). The molecule has 0 aliphatic heterocycles. The van der Waals surface area contributed by atoms with Crippen molar-refractivity contribution < 1.29 is 9.15 Å². The van der Waals surface area contributed by atoms with Crippen molar-refractivity contribution in [2.45, 2.75) is 13.0 Å². The highest BCUT2D eigenvalue weighted by atomic mass is 79.9. The summed E-state index contributed by atoms with van der Waals surface area (Å²) in [6, 6.07) is 9.37. The maximum atomic E-state index is 6.32. The second kappa shape index (κ2) is 6.46. The molecule has 1 aromatic heterocycles. The number of benzene rings is 1. The molecule has 0 aliphatic rings. The zero-order valence-electron chi connectivity index (χ0n) is 10.7. The lowest BCUT2D eigenvalue weighted by molar-refractivity contribution is 0.413. The number of ether oxygens (including phenoxy) is 1. The zero-order chi connectivity index (χ0) is 13.8. The van der Waals surface area contributed by atoms with E-state index in [1.807, 2.05) is 31.2 Å². The van der Waals surface area contributed by atoms with Gasteiger partial charge in [-0.2, -0.15) is 0 Å². The van der Waals surface area contributed by atoms with Crippen LogP contribution in [0.4, 0.5) is 0 Å². The molecule has 0 bridgehead atoms. The third kappa shape index (κ3) is 3.32. The Morgan fingerprint density at radius 3 is 2.68 bits per heavy atom. The van der Waals surface area contributed by atoms with Gasteiger partial charge >= 0.3 is 0 Å². The second-order valence-electron chi connectivity index (χ2n) is 4.02. The monoisotopic (exact) mass is 343 g/mol. The van der Waals surface area contributed by atoms with Crippen molar-refractivity contribution in [3.05, 3.63) is 51.3 Å². The van der Waals surface area contributed by atoms with Crippen LogP contribution >= 0.6 is 27.5 Å². The molecule has 1 atom stereocenters. The van der Waals surface area contributed by atoms with Gasteiger partial charge in [0, 0.05) is 5.02 Å². The number of nitrogens with one attached hydrogen (secondary N) is 1. The second-order valence-corrected chi connectivity index (χ2v) is 5.21. The number of furan rings is 1. The van der Waals surface area contributed by atoms with E-state index in [1.54, 1.807) is 13.2 Å². The van der Waals surface area contributed by atoms with Gasteiger partial charge in [-0.15, -0.1) is 0 Å². The Bertz CT molecular complexity index is 556. The van der Waals surface area contributed by atoms with Gasteiger partial charge in [0.2, 0.25) is 0 Å². The van der Waals surface area contributed by atoms with Crippen molar-refractivity contribution in [3.8, 4) is 5.75 Å². The highest BCUT2D eigenvalue weighted by molar-refractivity contribution is 9.10. The Morgan fingerprint density at radius 1 is 1.37 bits per heavy atom. The van der Waals surface area contributed by atoms with Gasteiger partial charge < -0.3 is 14.5 Å². The minimum Gasteiger partial charge on any atom is -0.497 e. The minimum absolute atomic E-state index is 0.0743. The first-order valence-corrected chi connectivity index (χ1v) is 7.14. The number of hydrogen-bond acceptors (Lipinski definition) is 3. The van der Waals surface area contributed by atoms with Crippen LogP contribution in [-0.2, 0) is 0 Å². The standard InChI is InChI=1S/C14H15BrClNO2/c1-3-17-14(12-6-7-13(15)19-12)10-5-4-9(18-2)8-11(10)16/h4-8,14,17H,3H2,1-2H3. The summed E-state index contributed by atoms with van der Waals surface area (Å²) >= 11 is 9.64. The van der Waals surface area contributed by atoms with Crippen molar-refractivity contribution >= 4 is 27.5 Å². The van der Waals surface area contributed by atoms with E-state index in [0.29, 0.717) is 9.69 Å². The quantitative estimate of drug-likeness (QED) is 0.873. The summed E-state index contributed by atoms with van der Waals surface area (Å²) in [5.41, 5.74) is 0.964. The largest absolute Gasteiger partial charge is 0.497 e. The van der Waals surface area contributed by atoms with Crippen molar-refractivity contribution in [1.82, 2.24) is 5.32 Å². The van der Waals surface area contributed by atoms with E-state index in [2.05, 4.69) is 21.2 Å². The maximum Gasteiger partial charge on any atom is 0.169 e. The molecule has 3 nitrogen and oxygen atoms in total. The van der Waals surface area contributed by atoms with Gasteiger partial charge in [-0.3, -0.25) is 0 Å². The minimum atomic E-state index is -0.0743. The Kier molecular flexibility index (Phi) is 4.91. The predicted molar refractivity (Wildman–Crippen MR) is 79.9 cm³/mol. The van der Waals surface area contributed by atoms with Crippen LogP contribution < -0.4 is 10.1 Å². The molecule has 0 saturated carbocycles. The molecular weight excluding hydrogens is 330 g/mol. The first-order valence-electron chi connectivity index (χ1n) is 5.97. The molecule has 1 heterocycles. The van der Waals surface area contributed by atoms with E-state index in [9.17, 15) is 0 Å². The molecule has 19 heavy (non-hydrogen) atoms. The van der Waals surface area contributed by atoms with E-state index < -0.39 is 0 Å². The van der Waals surface area contributed by atoms with Crippen LogP contribution in [0.25, 0.3) is 0 Å². The highest BCUT2D eigenvalue weighted by Crippen LogP contribution is 2.32. The van der Waals surface area contributed by atoms with Gasteiger partial charge in [0.1, 0.15) is 11.5 Å². The molecule has 0 saturated heterocycles. The summed E-state index contributed by atoms with van der Waals surface area (Å²) in [5.74, 6) is 1.56. The molecule has 0 aliphatic carbocycles. The summed E-state index contributed by atoms with van der Waals surface area (Å²) in [5, 5.41) is 4.02. The lowest BCUT2D eigenvalue weighted by Gasteiger charge is -2.18. The van der Waals surface area contributed by atoms with Gasteiger partial charge in [0.15, 0.2) is 4.67 Å². The third-order valence-electron chi connectivity index (χ3n) is 2.81. The average Bonchev–Trinajstić information content (AvgIpc) is 2.83. The van der Waals surface area contributed by atoms with E-state index in [0.717, 1.165) is 23.6 Å². The summed E-state index contributed by atoms with van der Waals surface area (Å²) in [6.07, 6.45) is 0. The molecule has 0 fully saturated rings. The zero-order valence-corrected chi connectivity index (χ0v) is 13.1. The van der Waals surface area contributed by atoms with Gasteiger partial charge in [-0.05, 0) is 52.3 Å². The number of hydrogen-bond donors (Lipinski definition) is 1. The van der Waals surface area contributed by atoms with Gasteiger partial charge in [-0.25, -0.2) is 0 Å². The number of rotatable bonds is 5. The SMILES string of the molecule is CCNC(c1ccc(Br)o1)c1ccc(OC)cc1Cl. The van der Waals surface area contributed by atoms with Crippen LogP contribution in [0.1, 0.15) is 24.3 Å². The fourth-order valence-electron chi connectivity index (χ4n) is 1.92. The lowest BCUT2D eigenvalue weighted by atomic mass is 10.0. The Balaban J connectivity index is 2.39. The van der Waals surface area contributed by atoms with Crippen LogP contribution in [0.15, 0.2) is 39.4 Å². The van der Waals surface area contributed by atoms with Crippen molar-refractivity contribution in [3.63, 3.8) is 0 Å². The molecule has 0 amide bonds. The highest BCUT2D eigenvalue weighted by Gasteiger charge is 2.19. The lowest BCUT2D eigenvalue weighted by Crippen LogP contribution is -2.21. The molecule has 5 heteroatoms. The topological polar surface area (TPSA) is 34.4 Å². The molecule has 1 unspecified atom stereocenters. The Morgan fingerprint density at radius 2 is 2.16 bits per heavy atom. The molecule has 0 radical (unpaired) electrons. The van der Waals surface area contributed by atoms with Crippen molar-refractivity contribution in [2.24, 2.45) is 0 Å². The number of halogens is 2. The van der Waals surface area contributed by atoms with Crippen LogP contribution in [0.2, 0.25) is 5.02 Å². The molecule has 0 spiro atoms. The van der Waals surface area contributed by atoms with E-state index >= 15 is 0 Å². The average molecular weight is 345 g/mol. The molecule has 102 valence electrons. The van der Waals surface area contributed by atoms with E-state index in [1.165, 1.54) is 0 Å². The van der Waals surface area contributed by atoms with Crippen molar-refractivity contribution in [1.29, 1.82) is 0 Å². The Labute approximate surface area is 126 Å². The van der Waals surface area contributed by atoms with Crippen LogP contribution in [0.5, 0.6) is 5.75 Å². The molecular formula is C14H15BrClNO2. The van der Waals surface area contributed by atoms with Gasteiger partial charge in [-0.1, -0.05) is 24.6 Å². The fraction of sp³-hybridized carbons (Fsp3) is 0.286. The normalized spacial score (nSPS) is 12.4. The van der Waals surface area contributed by atoms with E-state index in [-0.39, 0.29) is 6.04 Å². The first kappa shape index (κ1) is 14.4. The summed E-state index contributed by atoms with van der Waals surface area (Å²) in [6.45, 7) is 2.85. The predicted octanol–water partition coefficient (Wildman–Crippen LogP) is 4.40.